The van der Waals surface area contributed by atoms with E-state index in [2.05, 4.69) is 6.58 Å². The monoisotopic (exact) mass is 365 g/mol. The molecule has 2 aromatic rings. The Morgan fingerprint density at radius 1 is 1.26 bits per heavy atom. The third-order valence-corrected chi connectivity index (χ3v) is 4.85. The van der Waals surface area contributed by atoms with Gasteiger partial charge in [-0.15, -0.1) is 0 Å². The number of aromatic hydroxyl groups is 1. The number of rotatable bonds is 6. The number of benzene rings is 2. The third-order valence-electron chi connectivity index (χ3n) is 4.85. The Morgan fingerprint density at radius 2 is 2.07 bits per heavy atom. The molecule has 0 aliphatic carbocycles. The summed E-state index contributed by atoms with van der Waals surface area (Å²) in [6.07, 6.45) is 4.13. The molecule has 0 saturated carbocycles. The summed E-state index contributed by atoms with van der Waals surface area (Å²) < 4.78 is 5.90. The lowest BCUT2D eigenvalue weighted by molar-refractivity contribution is 0.0631. The molecule has 5 heteroatoms. The molecule has 1 aliphatic heterocycles. The van der Waals surface area contributed by atoms with Gasteiger partial charge in [0.05, 0.1) is 17.7 Å². The molecule has 0 radical (unpaired) electrons. The van der Waals surface area contributed by atoms with Crippen molar-refractivity contribution in [3.8, 4) is 11.5 Å². The van der Waals surface area contributed by atoms with E-state index in [9.17, 15) is 14.7 Å². The number of nitrogens with zero attached hydrogens (tertiary/aromatic N) is 1. The van der Waals surface area contributed by atoms with Crippen molar-refractivity contribution in [2.45, 2.75) is 12.8 Å². The molecule has 140 valence electrons. The van der Waals surface area contributed by atoms with E-state index < -0.39 is 0 Å². The van der Waals surface area contributed by atoms with Gasteiger partial charge in [0, 0.05) is 24.6 Å². The van der Waals surface area contributed by atoms with E-state index in [1.807, 2.05) is 0 Å². The second kappa shape index (κ2) is 8.54. The molecule has 0 unspecified atom stereocenters. The van der Waals surface area contributed by atoms with Crippen molar-refractivity contribution in [2.24, 2.45) is 5.92 Å². The predicted molar refractivity (Wildman–Crippen MR) is 104 cm³/mol. The topological polar surface area (TPSA) is 66.8 Å². The van der Waals surface area contributed by atoms with Crippen LogP contribution in [0.15, 0.2) is 49.0 Å². The van der Waals surface area contributed by atoms with E-state index in [1.165, 1.54) is 0 Å². The molecule has 1 aliphatic rings. The molecule has 0 bridgehead atoms. The molecule has 5 nitrogen and oxygen atoms in total. The lowest BCUT2D eigenvalue weighted by Crippen LogP contribution is -2.41. The van der Waals surface area contributed by atoms with Crippen LogP contribution < -0.4 is 4.74 Å². The van der Waals surface area contributed by atoms with Crippen molar-refractivity contribution < 1.29 is 19.4 Å². The van der Waals surface area contributed by atoms with Crippen LogP contribution in [0, 0.1) is 5.92 Å². The Balaban J connectivity index is 1.66. The number of carbonyl (C=O) groups excluding carboxylic acids is 2. The Morgan fingerprint density at radius 3 is 2.85 bits per heavy atom. The quantitative estimate of drug-likeness (QED) is 0.791. The lowest BCUT2D eigenvalue weighted by Gasteiger charge is -2.33. The molecule has 1 atom stereocenters. The first-order valence-electron chi connectivity index (χ1n) is 9.04. The number of aldehydes is 1. The molecule has 1 fully saturated rings. The Hall–Kier alpha value is -3.08. The van der Waals surface area contributed by atoms with E-state index in [0.717, 1.165) is 19.1 Å². The average Bonchev–Trinajstić information content (AvgIpc) is 2.72. The van der Waals surface area contributed by atoms with E-state index >= 15 is 0 Å². The fraction of sp³-hybridized carbons (Fsp3) is 0.273. The summed E-state index contributed by atoms with van der Waals surface area (Å²) in [5, 5.41) is 9.89. The van der Waals surface area contributed by atoms with Gasteiger partial charge in [-0.3, -0.25) is 9.59 Å². The van der Waals surface area contributed by atoms with Crippen LogP contribution in [0.25, 0.3) is 6.08 Å². The Labute approximate surface area is 158 Å². The summed E-state index contributed by atoms with van der Waals surface area (Å²) in [5.41, 5.74) is 1.42. The fourth-order valence-corrected chi connectivity index (χ4v) is 3.42. The van der Waals surface area contributed by atoms with E-state index in [1.54, 1.807) is 53.4 Å². The SMILES string of the molecule is C=Cc1c(O)cccc1OC[C@@H]1CCCN(C(=O)c2ccccc2C=O)C1. The number of carbonyl (C=O) groups is 2. The van der Waals surface area contributed by atoms with Crippen LogP contribution in [0.5, 0.6) is 11.5 Å². The number of hydrogen-bond donors (Lipinski definition) is 1. The van der Waals surface area contributed by atoms with Crippen molar-refractivity contribution in [3.63, 3.8) is 0 Å². The smallest absolute Gasteiger partial charge is 0.254 e. The van der Waals surface area contributed by atoms with E-state index in [0.29, 0.717) is 42.1 Å². The first-order valence-corrected chi connectivity index (χ1v) is 9.04. The zero-order chi connectivity index (χ0) is 19.2. The van der Waals surface area contributed by atoms with Crippen LogP contribution in [-0.2, 0) is 0 Å². The summed E-state index contributed by atoms with van der Waals surface area (Å²) in [5.74, 6) is 0.783. The number of likely N-dealkylation sites (tertiary alicyclic amines) is 1. The zero-order valence-corrected chi connectivity index (χ0v) is 15.1. The summed E-state index contributed by atoms with van der Waals surface area (Å²) in [6, 6.07) is 12.0. The number of phenols is 1. The van der Waals surface area contributed by atoms with Crippen molar-refractivity contribution >= 4 is 18.3 Å². The van der Waals surface area contributed by atoms with Gasteiger partial charge in [0.25, 0.3) is 5.91 Å². The molecule has 3 rings (SSSR count). The van der Waals surface area contributed by atoms with Crippen LogP contribution in [-0.4, -0.2) is 41.9 Å². The Bertz CT molecular complexity index is 846. The molecule has 1 heterocycles. The summed E-state index contributed by atoms with van der Waals surface area (Å²) in [7, 11) is 0. The van der Waals surface area contributed by atoms with Crippen molar-refractivity contribution in [1.29, 1.82) is 0 Å². The minimum atomic E-state index is -0.119. The average molecular weight is 365 g/mol. The first-order chi connectivity index (χ1) is 13.1. The van der Waals surface area contributed by atoms with Gasteiger partial charge < -0.3 is 14.7 Å². The van der Waals surface area contributed by atoms with Gasteiger partial charge in [0.1, 0.15) is 11.5 Å². The van der Waals surface area contributed by atoms with Crippen molar-refractivity contribution in [1.82, 2.24) is 4.90 Å². The minimum absolute atomic E-state index is 0.119. The maximum absolute atomic E-state index is 12.8. The normalized spacial score (nSPS) is 16.6. The predicted octanol–water partition coefficient (Wildman–Crippen LogP) is 3.78. The third kappa shape index (κ3) is 4.19. The molecular formula is C22H23NO4. The molecule has 2 aromatic carbocycles. The molecular weight excluding hydrogens is 342 g/mol. The van der Waals surface area contributed by atoms with Crippen molar-refractivity contribution in [2.75, 3.05) is 19.7 Å². The second-order valence-electron chi connectivity index (χ2n) is 6.67. The van der Waals surface area contributed by atoms with Crippen LogP contribution in [0.2, 0.25) is 0 Å². The standard InChI is InChI=1S/C22H23NO4/c1-2-18-20(25)10-5-11-21(18)27-15-16-7-6-12-23(13-16)22(26)19-9-4-3-8-17(19)14-24/h2-5,8-11,14,16,25H,1,6-7,12-13,15H2/t16-/m1/s1. The largest absolute Gasteiger partial charge is 0.507 e. The van der Waals surface area contributed by atoms with Gasteiger partial charge in [-0.1, -0.05) is 36.9 Å². The maximum Gasteiger partial charge on any atom is 0.254 e. The van der Waals surface area contributed by atoms with E-state index in [-0.39, 0.29) is 17.6 Å². The summed E-state index contributed by atoms with van der Waals surface area (Å²) >= 11 is 0. The van der Waals surface area contributed by atoms with Crippen LogP contribution >= 0.6 is 0 Å². The highest BCUT2D eigenvalue weighted by molar-refractivity contribution is 6.01. The summed E-state index contributed by atoms with van der Waals surface area (Å²) in [6.45, 7) is 5.41. The first kappa shape index (κ1) is 18.7. The molecule has 1 amide bonds. The fourth-order valence-electron chi connectivity index (χ4n) is 3.42. The highest BCUT2D eigenvalue weighted by atomic mass is 16.5. The van der Waals surface area contributed by atoms with Gasteiger partial charge in [-0.25, -0.2) is 0 Å². The number of phenolic OH excluding ortho intramolecular Hbond substituents is 1. The van der Waals surface area contributed by atoms with E-state index in [4.69, 9.17) is 4.74 Å². The van der Waals surface area contributed by atoms with Crippen LogP contribution in [0.3, 0.4) is 0 Å². The highest BCUT2D eigenvalue weighted by Crippen LogP contribution is 2.29. The maximum atomic E-state index is 12.8. The molecule has 0 spiro atoms. The highest BCUT2D eigenvalue weighted by Gasteiger charge is 2.26. The molecule has 27 heavy (non-hydrogen) atoms. The minimum Gasteiger partial charge on any atom is -0.507 e. The molecule has 0 aromatic heterocycles. The Kier molecular flexibility index (Phi) is 5.91. The number of amides is 1. The van der Waals surface area contributed by atoms with Gasteiger partial charge in [0.15, 0.2) is 6.29 Å². The zero-order valence-electron chi connectivity index (χ0n) is 15.1. The number of piperidine rings is 1. The van der Waals surface area contributed by atoms with Gasteiger partial charge >= 0.3 is 0 Å². The molecule has 1 saturated heterocycles. The van der Waals surface area contributed by atoms with Gasteiger partial charge in [0.2, 0.25) is 0 Å². The summed E-state index contributed by atoms with van der Waals surface area (Å²) in [4.78, 5) is 25.8. The van der Waals surface area contributed by atoms with Gasteiger partial charge in [-0.2, -0.15) is 0 Å². The van der Waals surface area contributed by atoms with Gasteiger partial charge in [-0.05, 0) is 31.0 Å². The molecule has 1 N–H and O–H groups in total. The van der Waals surface area contributed by atoms with Crippen LogP contribution in [0.4, 0.5) is 0 Å². The van der Waals surface area contributed by atoms with Crippen LogP contribution in [0.1, 0.15) is 39.1 Å². The number of hydrogen-bond acceptors (Lipinski definition) is 4. The lowest BCUT2D eigenvalue weighted by atomic mass is 9.97. The second-order valence-corrected chi connectivity index (χ2v) is 6.67. The van der Waals surface area contributed by atoms with Crippen molar-refractivity contribution in [3.05, 3.63) is 65.7 Å². The number of ether oxygens (including phenoxy) is 1.